The summed E-state index contributed by atoms with van der Waals surface area (Å²) in [5.41, 5.74) is 0.128. The number of fused-ring (bicyclic) bond motifs is 1. The summed E-state index contributed by atoms with van der Waals surface area (Å²) >= 11 is 6.30. The summed E-state index contributed by atoms with van der Waals surface area (Å²) < 4.78 is 16.9. The van der Waals surface area contributed by atoms with E-state index in [0.717, 1.165) is 6.42 Å². The minimum atomic E-state index is -0.681. The number of ether oxygens (including phenoxy) is 3. The molecule has 2 heterocycles. The first-order valence-electron chi connectivity index (χ1n) is 8.28. The third kappa shape index (κ3) is 3.74. The third-order valence-electron chi connectivity index (χ3n) is 3.98. The predicted molar refractivity (Wildman–Crippen MR) is 96.4 cm³/mol. The van der Waals surface area contributed by atoms with Gasteiger partial charge in [0.15, 0.2) is 11.5 Å². The summed E-state index contributed by atoms with van der Waals surface area (Å²) in [7, 11) is 0. The van der Waals surface area contributed by atoms with Gasteiger partial charge in [-0.05, 0) is 26.8 Å². The molecule has 0 radical (unpaired) electrons. The molecule has 0 amide bonds. The van der Waals surface area contributed by atoms with Crippen LogP contribution in [0.1, 0.15) is 32.8 Å². The number of halogens is 1. The van der Waals surface area contributed by atoms with E-state index in [9.17, 15) is 4.79 Å². The SMILES string of the molecule is CC(C)(C)C(=O)Oc1cc2c(Cl)c(C#N)cnc2cc1OC1CCOC1. The van der Waals surface area contributed by atoms with Crippen LogP contribution in [0, 0.1) is 16.7 Å². The van der Waals surface area contributed by atoms with Crippen LogP contribution in [-0.2, 0) is 9.53 Å². The van der Waals surface area contributed by atoms with E-state index in [-0.39, 0.29) is 22.4 Å². The molecule has 7 heteroatoms. The summed E-state index contributed by atoms with van der Waals surface area (Å²) in [6.45, 7) is 6.41. The van der Waals surface area contributed by atoms with Gasteiger partial charge >= 0.3 is 5.97 Å². The van der Waals surface area contributed by atoms with Crippen molar-refractivity contribution in [1.82, 2.24) is 4.98 Å². The molecule has 3 rings (SSSR count). The predicted octanol–water partition coefficient (Wildman–Crippen LogP) is 3.88. The smallest absolute Gasteiger partial charge is 0.316 e. The fraction of sp³-hybridized carbons (Fsp3) is 0.421. The number of esters is 1. The van der Waals surface area contributed by atoms with Gasteiger partial charge in [-0.15, -0.1) is 0 Å². The molecule has 1 aliphatic heterocycles. The van der Waals surface area contributed by atoms with E-state index < -0.39 is 11.4 Å². The summed E-state index contributed by atoms with van der Waals surface area (Å²) in [5.74, 6) is 0.256. The Kier molecular flexibility index (Phi) is 5.03. The molecule has 0 aliphatic carbocycles. The zero-order chi connectivity index (χ0) is 18.9. The number of aromatic nitrogens is 1. The van der Waals surface area contributed by atoms with Gasteiger partial charge in [0.25, 0.3) is 0 Å². The van der Waals surface area contributed by atoms with Crippen molar-refractivity contribution in [2.75, 3.05) is 13.2 Å². The lowest BCUT2D eigenvalue weighted by Gasteiger charge is -2.20. The number of carbonyl (C=O) groups excluding carboxylic acids is 1. The molecular weight excluding hydrogens is 356 g/mol. The topological polar surface area (TPSA) is 81.4 Å². The third-order valence-corrected chi connectivity index (χ3v) is 4.39. The van der Waals surface area contributed by atoms with Crippen LogP contribution in [0.4, 0.5) is 0 Å². The quantitative estimate of drug-likeness (QED) is 0.599. The van der Waals surface area contributed by atoms with Crippen molar-refractivity contribution in [3.8, 4) is 17.6 Å². The van der Waals surface area contributed by atoms with Crippen LogP contribution in [0.25, 0.3) is 10.9 Å². The van der Waals surface area contributed by atoms with E-state index in [0.29, 0.717) is 29.9 Å². The van der Waals surface area contributed by atoms with Gasteiger partial charge in [0, 0.05) is 24.1 Å². The fourth-order valence-electron chi connectivity index (χ4n) is 2.46. The monoisotopic (exact) mass is 374 g/mol. The molecule has 0 N–H and O–H groups in total. The number of pyridine rings is 1. The lowest BCUT2D eigenvalue weighted by atomic mass is 9.97. The zero-order valence-electron chi connectivity index (χ0n) is 14.8. The van der Waals surface area contributed by atoms with Crippen LogP contribution < -0.4 is 9.47 Å². The first-order valence-corrected chi connectivity index (χ1v) is 8.66. The van der Waals surface area contributed by atoms with E-state index in [4.69, 9.17) is 31.1 Å². The molecule has 0 saturated carbocycles. The van der Waals surface area contributed by atoms with Gasteiger partial charge < -0.3 is 14.2 Å². The zero-order valence-corrected chi connectivity index (χ0v) is 15.6. The van der Waals surface area contributed by atoms with Crippen LogP contribution in [0.2, 0.25) is 5.02 Å². The maximum Gasteiger partial charge on any atom is 0.316 e. The molecule has 1 unspecified atom stereocenters. The number of rotatable bonds is 3. The maximum atomic E-state index is 12.4. The highest BCUT2D eigenvalue weighted by Crippen LogP contribution is 2.38. The Morgan fingerprint density at radius 2 is 2.15 bits per heavy atom. The molecule has 1 aromatic carbocycles. The van der Waals surface area contributed by atoms with Crippen molar-refractivity contribution in [3.63, 3.8) is 0 Å². The summed E-state index contributed by atoms with van der Waals surface area (Å²) in [4.78, 5) is 16.6. The molecule has 0 spiro atoms. The summed E-state index contributed by atoms with van der Waals surface area (Å²) in [6.07, 6.45) is 2.05. The fourth-order valence-corrected chi connectivity index (χ4v) is 2.70. The Balaban J connectivity index is 2.08. The molecule has 1 fully saturated rings. The lowest BCUT2D eigenvalue weighted by Crippen LogP contribution is -2.26. The molecule has 136 valence electrons. The van der Waals surface area contributed by atoms with E-state index in [2.05, 4.69) is 4.98 Å². The van der Waals surface area contributed by atoms with Crippen LogP contribution in [0.15, 0.2) is 18.3 Å². The Morgan fingerprint density at radius 3 is 2.77 bits per heavy atom. The number of hydrogen-bond acceptors (Lipinski definition) is 6. The Hall–Kier alpha value is -2.36. The molecule has 6 nitrogen and oxygen atoms in total. The van der Waals surface area contributed by atoms with Crippen molar-refractivity contribution in [2.45, 2.75) is 33.3 Å². The van der Waals surface area contributed by atoms with E-state index >= 15 is 0 Å². The molecule has 2 aromatic rings. The van der Waals surface area contributed by atoms with Gasteiger partial charge in [-0.25, -0.2) is 0 Å². The normalized spacial score (nSPS) is 17.1. The number of nitriles is 1. The average molecular weight is 375 g/mol. The van der Waals surface area contributed by atoms with Crippen molar-refractivity contribution < 1.29 is 19.0 Å². The largest absolute Gasteiger partial charge is 0.484 e. The van der Waals surface area contributed by atoms with Crippen LogP contribution in [0.5, 0.6) is 11.5 Å². The van der Waals surface area contributed by atoms with E-state index in [1.165, 1.54) is 6.20 Å². The average Bonchev–Trinajstić information content (AvgIpc) is 3.08. The minimum absolute atomic E-state index is 0.117. The first kappa shape index (κ1) is 18.4. The molecule has 1 atom stereocenters. The van der Waals surface area contributed by atoms with E-state index in [1.807, 2.05) is 6.07 Å². The molecule has 1 saturated heterocycles. The Bertz CT molecular complexity index is 893. The van der Waals surface area contributed by atoms with Crippen molar-refractivity contribution in [1.29, 1.82) is 5.26 Å². The number of benzene rings is 1. The van der Waals surface area contributed by atoms with Crippen LogP contribution in [-0.4, -0.2) is 30.3 Å². The van der Waals surface area contributed by atoms with Crippen molar-refractivity contribution in [3.05, 3.63) is 28.9 Å². The highest BCUT2D eigenvalue weighted by atomic mass is 35.5. The second-order valence-corrected chi connectivity index (χ2v) is 7.53. The Labute approximate surface area is 156 Å². The second kappa shape index (κ2) is 7.10. The molecule has 1 aromatic heterocycles. The van der Waals surface area contributed by atoms with Gasteiger partial charge in [-0.2, -0.15) is 5.26 Å². The van der Waals surface area contributed by atoms with Crippen molar-refractivity contribution >= 4 is 28.5 Å². The molecule has 26 heavy (non-hydrogen) atoms. The van der Waals surface area contributed by atoms with Gasteiger partial charge in [0.1, 0.15) is 12.2 Å². The number of carbonyl (C=O) groups is 1. The molecule has 1 aliphatic rings. The van der Waals surface area contributed by atoms with Crippen LogP contribution >= 0.6 is 11.6 Å². The number of nitrogens with zero attached hydrogens (tertiary/aromatic N) is 2. The van der Waals surface area contributed by atoms with E-state index in [1.54, 1.807) is 32.9 Å². The highest BCUT2D eigenvalue weighted by Gasteiger charge is 2.27. The second-order valence-electron chi connectivity index (χ2n) is 7.16. The first-order chi connectivity index (χ1) is 12.3. The Morgan fingerprint density at radius 1 is 1.38 bits per heavy atom. The maximum absolute atomic E-state index is 12.4. The van der Waals surface area contributed by atoms with Crippen molar-refractivity contribution in [2.24, 2.45) is 5.41 Å². The summed E-state index contributed by atoms with van der Waals surface area (Å²) in [6, 6.07) is 5.27. The minimum Gasteiger partial charge on any atom is -0.484 e. The van der Waals surface area contributed by atoms with Gasteiger partial charge in [-0.1, -0.05) is 11.6 Å². The molecular formula is C19H19ClN2O4. The highest BCUT2D eigenvalue weighted by molar-refractivity contribution is 6.36. The van der Waals surface area contributed by atoms with Gasteiger partial charge in [-0.3, -0.25) is 9.78 Å². The standard InChI is InChI=1S/C19H19ClN2O4/c1-19(2,3)18(23)26-15-6-13-14(22-9-11(8-21)17(13)20)7-16(15)25-12-4-5-24-10-12/h6-7,9,12H,4-5,10H2,1-3H3. The number of hydrogen-bond donors (Lipinski definition) is 0. The summed E-state index contributed by atoms with van der Waals surface area (Å²) in [5, 5.41) is 9.94. The van der Waals surface area contributed by atoms with Crippen LogP contribution in [0.3, 0.4) is 0 Å². The van der Waals surface area contributed by atoms with Gasteiger partial charge in [0.05, 0.1) is 34.7 Å². The van der Waals surface area contributed by atoms with Gasteiger partial charge in [0.2, 0.25) is 0 Å². The lowest BCUT2D eigenvalue weighted by molar-refractivity contribution is -0.143. The molecule has 0 bridgehead atoms.